The van der Waals surface area contributed by atoms with Crippen LogP contribution in [0.15, 0.2) is 78.5 Å². The highest BCUT2D eigenvalue weighted by atomic mass is 15.2. The van der Waals surface area contributed by atoms with Gasteiger partial charge in [-0.1, -0.05) is 63.2 Å². The third-order valence-electron chi connectivity index (χ3n) is 8.92. The summed E-state index contributed by atoms with van der Waals surface area (Å²) < 4.78 is 2.53. The first-order chi connectivity index (χ1) is 19.7. The summed E-state index contributed by atoms with van der Waals surface area (Å²) in [6.45, 7) is 23.0. The van der Waals surface area contributed by atoms with Crippen LogP contribution in [-0.2, 0) is 10.8 Å². The van der Waals surface area contributed by atoms with Gasteiger partial charge in [0.1, 0.15) is 6.54 Å². The fraction of sp³-hybridized carbons (Fsp3) is 0.378. The summed E-state index contributed by atoms with van der Waals surface area (Å²) >= 11 is 0. The normalized spacial score (nSPS) is 20.2. The van der Waals surface area contributed by atoms with Gasteiger partial charge in [0, 0.05) is 47.5 Å². The van der Waals surface area contributed by atoms with Crippen LogP contribution in [0.2, 0.25) is 0 Å². The Kier molecular flexibility index (Phi) is 7.63. The van der Waals surface area contributed by atoms with Gasteiger partial charge in [-0.25, -0.2) is 4.85 Å². The SMILES string of the molecule is [C-]#[N+]c1ccc2c(c1)C(C)(CC#N)/C(=C\C=C\C1=[N+](CCC(C)C)c3ccc4ccccc4c3C1(C)C)N2CCC. The van der Waals surface area contributed by atoms with Crippen LogP contribution in [0.1, 0.15) is 71.9 Å². The van der Waals surface area contributed by atoms with E-state index in [4.69, 9.17) is 6.57 Å². The Hall–Kier alpha value is -4.15. The summed E-state index contributed by atoms with van der Waals surface area (Å²) in [4.78, 5) is 6.04. The zero-order valence-electron chi connectivity index (χ0n) is 25.3. The molecule has 1 atom stereocenters. The summed E-state index contributed by atoms with van der Waals surface area (Å²) in [7, 11) is 0. The fourth-order valence-corrected chi connectivity index (χ4v) is 6.81. The molecule has 0 radical (unpaired) electrons. The fourth-order valence-electron chi connectivity index (χ4n) is 6.81. The second kappa shape index (κ2) is 11.0. The number of fused-ring (bicyclic) bond motifs is 4. The highest BCUT2D eigenvalue weighted by Gasteiger charge is 2.46. The number of hydrogen-bond acceptors (Lipinski definition) is 2. The van der Waals surface area contributed by atoms with Gasteiger partial charge in [-0.05, 0) is 67.7 Å². The van der Waals surface area contributed by atoms with Crippen molar-refractivity contribution in [3.05, 3.63) is 101 Å². The van der Waals surface area contributed by atoms with Crippen molar-refractivity contribution in [3.63, 3.8) is 0 Å². The van der Waals surface area contributed by atoms with Crippen LogP contribution in [0.25, 0.3) is 15.6 Å². The molecule has 0 aliphatic carbocycles. The summed E-state index contributed by atoms with van der Waals surface area (Å²) in [5.74, 6) is 0.613. The zero-order valence-corrected chi connectivity index (χ0v) is 25.3. The highest BCUT2D eigenvalue weighted by Crippen LogP contribution is 2.51. The molecule has 2 heterocycles. The van der Waals surface area contributed by atoms with E-state index < -0.39 is 5.41 Å². The molecule has 0 bridgehead atoms. The molecule has 0 saturated heterocycles. The van der Waals surface area contributed by atoms with Crippen molar-refractivity contribution in [1.82, 2.24) is 0 Å². The van der Waals surface area contributed by atoms with Crippen LogP contribution in [0, 0.1) is 23.8 Å². The van der Waals surface area contributed by atoms with E-state index in [0.29, 0.717) is 18.0 Å². The van der Waals surface area contributed by atoms with Gasteiger partial charge < -0.3 is 4.90 Å². The number of rotatable bonds is 8. The van der Waals surface area contributed by atoms with E-state index in [-0.39, 0.29) is 5.41 Å². The molecule has 4 heteroatoms. The minimum atomic E-state index is -0.476. The van der Waals surface area contributed by atoms with E-state index in [1.54, 1.807) is 0 Å². The average Bonchev–Trinajstić information content (AvgIpc) is 3.31. The van der Waals surface area contributed by atoms with Gasteiger partial charge >= 0.3 is 0 Å². The molecule has 0 fully saturated rings. The van der Waals surface area contributed by atoms with Crippen molar-refractivity contribution in [1.29, 1.82) is 5.26 Å². The molecule has 0 N–H and O–H groups in total. The Labute approximate surface area is 245 Å². The third kappa shape index (κ3) is 4.76. The van der Waals surface area contributed by atoms with Crippen molar-refractivity contribution < 1.29 is 4.58 Å². The topological polar surface area (TPSA) is 34.4 Å². The second-order valence-corrected chi connectivity index (χ2v) is 12.6. The molecule has 208 valence electrons. The molecule has 3 aromatic carbocycles. The smallest absolute Gasteiger partial charge is 0.210 e. The lowest BCUT2D eigenvalue weighted by Gasteiger charge is -2.28. The maximum Gasteiger partial charge on any atom is 0.210 e. The Morgan fingerprint density at radius 3 is 2.59 bits per heavy atom. The van der Waals surface area contributed by atoms with Gasteiger partial charge in [0.05, 0.1) is 24.5 Å². The van der Waals surface area contributed by atoms with Crippen molar-refractivity contribution in [2.75, 3.05) is 18.0 Å². The Bertz CT molecular complexity index is 1670. The largest absolute Gasteiger partial charge is 0.344 e. The summed E-state index contributed by atoms with van der Waals surface area (Å²) in [5, 5.41) is 12.5. The molecule has 41 heavy (non-hydrogen) atoms. The predicted molar refractivity (Wildman–Crippen MR) is 171 cm³/mol. The summed E-state index contributed by atoms with van der Waals surface area (Å²) in [5.41, 5.74) is 7.31. The first-order valence-corrected chi connectivity index (χ1v) is 14.9. The number of allylic oxidation sites excluding steroid dienone is 4. The van der Waals surface area contributed by atoms with Gasteiger partial charge in [0.25, 0.3) is 0 Å². The predicted octanol–water partition coefficient (Wildman–Crippen LogP) is 9.35. The van der Waals surface area contributed by atoms with Gasteiger partial charge in [0.15, 0.2) is 11.4 Å². The van der Waals surface area contributed by atoms with Gasteiger partial charge in [0.2, 0.25) is 5.69 Å². The summed E-state index contributed by atoms with van der Waals surface area (Å²) in [6, 6.07) is 21.7. The molecule has 0 spiro atoms. The van der Waals surface area contributed by atoms with E-state index in [0.717, 1.165) is 42.9 Å². The van der Waals surface area contributed by atoms with Crippen LogP contribution in [0.3, 0.4) is 0 Å². The van der Waals surface area contributed by atoms with Crippen molar-refractivity contribution >= 4 is 33.5 Å². The molecular weight excluding hydrogens is 500 g/mol. The van der Waals surface area contributed by atoms with Crippen LogP contribution in [0.4, 0.5) is 17.1 Å². The maximum absolute atomic E-state index is 9.88. The lowest BCUT2D eigenvalue weighted by molar-refractivity contribution is -0.439. The molecule has 0 aromatic heterocycles. The minimum Gasteiger partial charge on any atom is -0.344 e. The molecule has 0 amide bonds. The molecule has 2 aliphatic rings. The second-order valence-electron chi connectivity index (χ2n) is 12.6. The molecule has 0 saturated carbocycles. The third-order valence-corrected chi connectivity index (χ3v) is 8.92. The van der Waals surface area contributed by atoms with Crippen molar-refractivity contribution in [3.8, 4) is 6.07 Å². The average molecular weight is 542 g/mol. The number of benzene rings is 3. The van der Waals surface area contributed by atoms with E-state index in [1.807, 2.05) is 12.1 Å². The van der Waals surface area contributed by atoms with Crippen molar-refractivity contribution in [2.24, 2.45) is 5.92 Å². The monoisotopic (exact) mass is 541 g/mol. The number of nitrogens with zero attached hydrogens (tertiary/aromatic N) is 4. The molecule has 2 aliphatic heterocycles. The molecule has 4 nitrogen and oxygen atoms in total. The Morgan fingerprint density at radius 2 is 1.88 bits per heavy atom. The van der Waals surface area contributed by atoms with Gasteiger partial charge in [-0.2, -0.15) is 9.84 Å². The van der Waals surface area contributed by atoms with E-state index in [9.17, 15) is 5.26 Å². The zero-order chi connectivity index (χ0) is 29.4. The summed E-state index contributed by atoms with van der Waals surface area (Å²) in [6.07, 6.45) is 9.18. The molecule has 5 rings (SSSR count). The van der Waals surface area contributed by atoms with E-state index in [2.05, 4.69) is 123 Å². The number of anilines is 1. The first kappa shape index (κ1) is 28.4. The van der Waals surface area contributed by atoms with Crippen LogP contribution in [-0.4, -0.2) is 23.4 Å². The molecule has 3 aromatic rings. The van der Waals surface area contributed by atoms with Crippen LogP contribution in [0.5, 0.6) is 0 Å². The molecular formula is C37H41N4+. The Balaban J connectivity index is 1.63. The lowest BCUT2D eigenvalue weighted by atomic mass is 9.78. The van der Waals surface area contributed by atoms with Gasteiger partial charge in [-0.15, -0.1) is 0 Å². The maximum atomic E-state index is 9.88. The first-order valence-electron chi connectivity index (χ1n) is 14.9. The van der Waals surface area contributed by atoms with E-state index in [1.165, 1.54) is 27.7 Å². The van der Waals surface area contributed by atoms with Gasteiger partial charge in [-0.3, -0.25) is 0 Å². The van der Waals surface area contributed by atoms with Crippen LogP contribution < -0.4 is 4.90 Å². The molecule has 1 unspecified atom stereocenters. The quantitative estimate of drug-likeness (QED) is 0.210. The lowest BCUT2D eigenvalue weighted by Crippen LogP contribution is -2.29. The highest BCUT2D eigenvalue weighted by molar-refractivity contribution is 6.07. The number of hydrogen-bond donors (Lipinski definition) is 0. The van der Waals surface area contributed by atoms with Crippen molar-refractivity contribution in [2.45, 2.75) is 71.6 Å². The minimum absolute atomic E-state index is 0.162. The van der Waals surface area contributed by atoms with Crippen LogP contribution >= 0.6 is 0 Å². The number of nitriles is 1. The van der Waals surface area contributed by atoms with E-state index >= 15 is 0 Å². The Morgan fingerprint density at radius 1 is 1.10 bits per heavy atom. The standard InChI is InChI=1S/C37H41N4/c1-8-23-40-31-19-17-28(39-7)25-30(31)37(6,21-22-38)34(40)15-11-14-33-36(4,5)35-29-13-10-9-12-27(29)16-18-32(35)41(33)24-20-26(2)3/h9-19,25-26H,8,20-21,23-24H2,1-6H3/q+1.